The Kier molecular flexibility index (Phi) is 3.38. The molecular weight excluding hydrogens is 138 g/mol. The van der Waals surface area contributed by atoms with Gasteiger partial charge >= 0.3 is 0 Å². The molecule has 0 amide bonds. The second kappa shape index (κ2) is 4.35. The summed E-state index contributed by atoms with van der Waals surface area (Å²) in [5.74, 6) is 0.808. The van der Waals surface area contributed by atoms with Crippen molar-refractivity contribution in [2.45, 2.75) is 38.7 Å². The van der Waals surface area contributed by atoms with Crippen LogP contribution in [0.1, 0.15) is 32.6 Å². The number of hydrogen-bond acceptors (Lipinski definition) is 2. The lowest BCUT2D eigenvalue weighted by molar-refractivity contribution is 0.0467. The number of nitriles is 1. The van der Waals surface area contributed by atoms with Crippen LogP contribution in [0.25, 0.3) is 0 Å². The van der Waals surface area contributed by atoms with Crippen LogP contribution in [0.2, 0.25) is 0 Å². The SMILES string of the molecule is CCC(CC#N)OCC1CC1. The Bertz CT molecular complexity index is 146. The van der Waals surface area contributed by atoms with Gasteiger partial charge < -0.3 is 4.74 Å². The number of hydrogen-bond donors (Lipinski definition) is 0. The normalized spacial score (nSPS) is 19.3. The van der Waals surface area contributed by atoms with Crippen LogP contribution in [-0.4, -0.2) is 12.7 Å². The molecular formula is C9H15NO. The van der Waals surface area contributed by atoms with E-state index >= 15 is 0 Å². The van der Waals surface area contributed by atoms with Crippen molar-refractivity contribution in [1.82, 2.24) is 0 Å². The number of rotatable bonds is 5. The number of nitrogens with zero attached hydrogens (tertiary/aromatic N) is 1. The Labute approximate surface area is 68.2 Å². The second-order valence-electron chi connectivity index (χ2n) is 3.17. The van der Waals surface area contributed by atoms with E-state index in [1.807, 2.05) is 0 Å². The molecule has 1 unspecified atom stereocenters. The molecule has 0 N–H and O–H groups in total. The maximum atomic E-state index is 8.42. The molecule has 0 bridgehead atoms. The van der Waals surface area contributed by atoms with Gasteiger partial charge in [-0.05, 0) is 25.2 Å². The predicted octanol–water partition coefficient (Wildman–Crippen LogP) is 2.11. The molecule has 1 saturated carbocycles. The van der Waals surface area contributed by atoms with E-state index in [2.05, 4.69) is 13.0 Å². The van der Waals surface area contributed by atoms with E-state index in [0.717, 1.165) is 18.9 Å². The van der Waals surface area contributed by atoms with Gasteiger partial charge in [0.05, 0.1) is 18.6 Å². The highest BCUT2D eigenvalue weighted by Gasteiger charge is 2.22. The molecule has 0 aliphatic heterocycles. The maximum Gasteiger partial charge on any atom is 0.0702 e. The molecule has 0 saturated heterocycles. The summed E-state index contributed by atoms with van der Waals surface area (Å²) in [5, 5.41) is 8.42. The highest BCUT2D eigenvalue weighted by molar-refractivity contribution is 4.77. The average Bonchev–Trinajstić information content (AvgIpc) is 2.81. The first kappa shape index (κ1) is 8.55. The highest BCUT2D eigenvalue weighted by Crippen LogP contribution is 2.29. The van der Waals surface area contributed by atoms with Crippen molar-refractivity contribution in [3.05, 3.63) is 0 Å². The Hall–Kier alpha value is -0.550. The van der Waals surface area contributed by atoms with Crippen LogP contribution in [0, 0.1) is 17.2 Å². The zero-order valence-electron chi connectivity index (χ0n) is 7.05. The van der Waals surface area contributed by atoms with Gasteiger partial charge in [0.2, 0.25) is 0 Å². The Morgan fingerprint density at radius 3 is 2.82 bits per heavy atom. The van der Waals surface area contributed by atoms with Crippen LogP contribution in [0.3, 0.4) is 0 Å². The molecule has 0 aromatic rings. The summed E-state index contributed by atoms with van der Waals surface area (Å²) in [6.45, 7) is 2.94. The van der Waals surface area contributed by atoms with E-state index < -0.39 is 0 Å². The molecule has 62 valence electrons. The van der Waals surface area contributed by atoms with Crippen LogP contribution in [0.5, 0.6) is 0 Å². The second-order valence-corrected chi connectivity index (χ2v) is 3.17. The fourth-order valence-corrected chi connectivity index (χ4v) is 0.980. The van der Waals surface area contributed by atoms with Crippen molar-refractivity contribution >= 4 is 0 Å². The summed E-state index contributed by atoms with van der Waals surface area (Å²) >= 11 is 0. The molecule has 1 rings (SSSR count). The van der Waals surface area contributed by atoms with Crippen molar-refractivity contribution < 1.29 is 4.74 Å². The third-order valence-corrected chi connectivity index (χ3v) is 2.04. The van der Waals surface area contributed by atoms with Crippen molar-refractivity contribution in [1.29, 1.82) is 5.26 Å². The highest BCUT2D eigenvalue weighted by atomic mass is 16.5. The van der Waals surface area contributed by atoms with Gasteiger partial charge in [0.1, 0.15) is 0 Å². The van der Waals surface area contributed by atoms with E-state index in [0.29, 0.717) is 6.42 Å². The molecule has 1 aliphatic rings. The molecule has 0 spiro atoms. The Morgan fingerprint density at radius 2 is 2.36 bits per heavy atom. The zero-order chi connectivity index (χ0) is 8.10. The quantitative estimate of drug-likeness (QED) is 0.606. The zero-order valence-corrected chi connectivity index (χ0v) is 7.05. The summed E-state index contributed by atoms with van der Waals surface area (Å²) in [5.41, 5.74) is 0. The van der Waals surface area contributed by atoms with Gasteiger partial charge in [-0.3, -0.25) is 0 Å². The van der Waals surface area contributed by atoms with Crippen molar-refractivity contribution in [3.63, 3.8) is 0 Å². The van der Waals surface area contributed by atoms with Crippen LogP contribution in [0.15, 0.2) is 0 Å². The van der Waals surface area contributed by atoms with Crippen LogP contribution < -0.4 is 0 Å². The van der Waals surface area contributed by atoms with Crippen molar-refractivity contribution in [2.75, 3.05) is 6.61 Å². The lowest BCUT2D eigenvalue weighted by atomic mass is 10.2. The standard InChI is InChI=1S/C9H15NO/c1-2-9(5-6-10)11-7-8-3-4-8/h8-9H,2-5,7H2,1H3. The molecule has 11 heavy (non-hydrogen) atoms. The Balaban J connectivity index is 2.04. The van der Waals surface area contributed by atoms with Gasteiger partial charge in [0.25, 0.3) is 0 Å². The van der Waals surface area contributed by atoms with E-state index in [-0.39, 0.29) is 6.10 Å². The van der Waals surface area contributed by atoms with E-state index in [9.17, 15) is 0 Å². The first-order chi connectivity index (χ1) is 5.36. The lowest BCUT2D eigenvalue weighted by Crippen LogP contribution is -2.12. The molecule has 0 aromatic carbocycles. The summed E-state index contributed by atoms with van der Waals surface area (Å²) in [6, 6.07) is 2.14. The molecule has 2 heteroatoms. The van der Waals surface area contributed by atoms with E-state index in [1.54, 1.807) is 0 Å². The summed E-state index contributed by atoms with van der Waals surface area (Å²) < 4.78 is 5.53. The fraction of sp³-hybridized carbons (Fsp3) is 0.889. The topological polar surface area (TPSA) is 33.0 Å². The monoisotopic (exact) mass is 153 g/mol. The molecule has 0 radical (unpaired) electrons. The third kappa shape index (κ3) is 3.38. The van der Waals surface area contributed by atoms with Crippen LogP contribution >= 0.6 is 0 Å². The van der Waals surface area contributed by atoms with E-state index in [1.165, 1.54) is 12.8 Å². The summed E-state index contributed by atoms with van der Waals surface area (Å²) in [7, 11) is 0. The average molecular weight is 153 g/mol. The van der Waals surface area contributed by atoms with Gasteiger partial charge in [0.15, 0.2) is 0 Å². The summed E-state index contributed by atoms with van der Waals surface area (Å²) in [4.78, 5) is 0. The Morgan fingerprint density at radius 1 is 1.64 bits per heavy atom. The first-order valence-electron chi connectivity index (χ1n) is 4.35. The minimum Gasteiger partial charge on any atom is -0.377 e. The van der Waals surface area contributed by atoms with Crippen molar-refractivity contribution in [3.8, 4) is 6.07 Å². The molecule has 1 aliphatic carbocycles. The minimum atomic E-state index is 0.181. The van der Waals surface area contributed by atoms with Crippen molar-refractivity contribution in [2.24, 2.45) is 5.92 Å². The minimum absolute atomic E-state index is 0.181. The molecule has 1 fully saturated rings. The largest absolute Gasteiger partial charge is 0.377 e. The van der Waals surface area contributed by atoms with Crippen LogP contribution in [-0.2, 0) is 4.74 Å². The number of ether oxygens (including phenoxy) is 1. The van der Waals surface area contributed by atoms with Gasteiger partial charge in [0, 0.05) is 6.61 Å². The predicted molar refractivity (Wildman–Crippen MR) is 43.0 cm³/mol. The third-order valence-electron chi connectivity index (χ3n) is 2.04. The van der Waals surface area contributed by atoms with Gasteiger partial charge in [-0.1, -0.05) is 6.92 Å². The van der Waals surface area contributed by atoms with Gasteiger partial charge in [-0.25, -0.2) is 0 Å². The molecule has 2 nitrogen and oxygen atoms in total. The smallest absolute Gasteiger partial charge is 0.0702 e. The maximum absolute atomic E-state index is 8.42. The molecule has 0 heterocycles. The molecule has 1 atom stereocenters. The lowest BCUT2D eigenvalue weighted by Gasteiger charge is -2.11. The fourth-order valence-electron chi connectivity index (χ4n) is 0.980. The van der Waals surface area contributed by atoms with Gasteiger partial charge in [-0.2, -0.15) is 5.26 Å². The van der Waals surface area contributed by atoms with Crippen LogP contribution in [0.4, 0.5) is 0 Å². The molecule has 0 aromatic heterocycles. The first-order valence-corrected chi connectivity index (χ1v) is 4.35. The van der Waals surface area contributed by atoms with Gasteiger partial charge in [-0.15, -0.1) is 0 Å². The summed E-state index contributed by atoms with van der Waals surface area (Å²) in [6.07, 6.45) is 4.33. The van der Waals surface area contributed by atoms with E-state index in [4.69, 9.17) is 10.00 Å².